The molecule has 0 saturated heterocycles. The van der Waals surface area contributed by atoms with E-state index in [4.69, 9.17) is 4.74 Å². The lowest BCUT2D eigenvalue weighted by Gasteiger charge is -2.08. The van der Waals surface area contributed by atoms with Gasteiger partial charge in [-0.05, 0) is 18.2 Å². The zero-order valence-corrected chi connectivity index (χ0v) is 9.90. The van der Waals surface area contributed by atoms with Gasteiger partial charge in [0.05, 0.1) is 7.11 Å². The Bertz CT molecular complexity index is 454. The van der Waals surface area contributed by atoms with Gasteiger partial charge in [-0.15, -0.1) is 0 Å². The molecule has 1 heterocycles. The summed E-state index contributed by atoms with van der Waals surface area (Å²) in [6.45, 7) is 0. The average molecular weight is 229 g/mol. The Morgan fingerprint density at radius 3 is 2.71 bits per heavy atom. The van der Waals surface area contributed by atoms with Crippen molar-refractivity contribution in [2.24, 2.45) is 0 Å². The number of pyridine rings is 1. The summed E-state index contributed by atoms with van der Waals surface area (Å²) in [7, 11) is 3.50. The van der Waals surface area contributed by atoms with Crippen molar-refractivity contribution in [2.75, 3.05) is 24.8 Å². The first-order chi connectivity index (χ1) is 8.31. The van der Waals surface area contributed by atoms with Gasteiger partial charge in [0, 0.05) is 36.8 Å². The standard InChI is InChI=1S/C13H15N3O/c1-14-13-9-11(6-7-15-13)16-10-4-3-5-12(8-10)17-2/h3-9H,1-2H3,(H2,14,15,16). The summed E-state index contributed by atoms with van der Waals surface area (Å²) in [5.41, 5.74) is 1.97. The molecule has 0 radical (unpaired) electrons. The van der Waals surface area contributed by atoms with Crippen LogP contribution in [0.3, 0.4) is 0 Å². The van der Waals surface area contributed by atoms with Crippen LogP contribution in [-0.2, 0) is 0 Å². The third kappa shape index (κ3) is 2.87. The molecule has 2 aromatic rings. The zero-order valence-electron chi connectivity index (χ0n) is 9.90. The molecule has 4 heteroatoms. The van der Waals surface area contributed by atoms with Crippen LogP contribution >= 0.6 is 0 Å². The van der Waals surface area contributed by atoms with Crippen LogP contribution in [0.25, 0.3) is 0 Å². The van der Waals surface area contributed by atoms with Gasteiger partial charge >= 0.3 is 0 Å². The molecule has 17 heavy (non-hydrogen) atoms. The van der Waals surface area contributed by atoms with E-state index in [1.807, 2.05) is 43.4 Å². The summed E-state index contributed by atoms with van der Waals surface area (Å²) < 4.78 is 5.17. The molecule has 0 saturated carbocycles. The van der Waals surface area contributed by atoms with Crippen LogP contribution in [0.2, 0.25) is 0 Å². The number of nitrogens with one attached hydrogen (secondary N) is 2. The van der Waals surface area contributed by atoms with E-state index < -0.39 is 0 Å². The molecule has 4 nitrogen and oxygen atoms in total. The van der Waals surface area contributed by atoms with E-state index in [2.05, 4.69) is 15.6 Å². The second-order valence-corrected chi connectivity index (χ2v) is 3.54. The van der Waals surface area contributed by atoms with E-state index in [-0.39, 0.29) is 0 Å². The number of nitrogens with zero attached hydrogens (tertiary/aromatic N) is 1. The molecule has 0 aliphatic heterocycles. The molecular formula is C13H15N3O. The lowest BCUT2D eigenvalue weighted by Crippen LogP contribution is -1.95. The van der Waals surface area contributed by atoms with Crippen LogP contribution in [0.4, 0.5) is 17.2 Å². The largest absolute Gasteiger partial charge is 0.497 e. The molecule has 0 spiro atoms. The maximum atomic E-state index is 5.17. The molecule has 0 fully saturated rings. The Hall–Kier alpha value is -2.23. The van der Waals surface area contributed by atoms with Crippen molar-refractivity contribution >= 4 is 17.2 Å². The van der Waals surface area contributed by atoms with Crippen molar-refractivity contribution in [1.82, 2.24) is 4.98 Å². The minimum Gasteiger partial charge on any atom is -0.497 e. The maximum absolute atomic E-state index is 5.17. The Morgan fingerprint density at radius 2 is 1.94 bits per heavy atom. The number of ether oxygens (including phenoxy) is 1. The molecular weight excluding hydrogens is 214 g/mol. The molecule has 0 unspecified atom stereocenters. The van der Waals surface area contributed by atoms with Crippen LogP contribution in [0, 0.1) is 0 Å². The summed E-state index contributed by atoms with van der Waals surface area (Å²) in [5.74, 6) is 1.66. The molecule has 1 aromatic heterocycles. The fourth-order valence-electron chi connectivity index (χ4n) is 1.51. The van der Waals surface area contributed by atoms with Crippen molar-refractivity contribution in [3.8, 4) is 5.75 Å². The Balaban J connectivity index is 2.18. The van der Waals surface area contributed by atoms with Gasteiger partial charge < -0.3 is 15.4 Å². The summed E-state index contributed by atoms with van der Waals surface area (Å²) in [5, 5.41) is 6.29. The van der Waals surface area contributed by atoms with Gasteiger partial charge in [-0.25, -0.2) is 4.98 Å². The van der Waals surface area contributed by atoms with Gasteiger partial charge in [-0.3, -0.25) is 0 Å². The van der Waals surface area contributed by atoms with Crippen LogP contribution in [0.5, 0.6) is 5.75 Å². The second-order valence-electron chi connectivity index (χ2n) is 3.54. The first kappa shape index (κ1) is 11.3. The Morgan fingerprint density at radius 1 is 1.12 bits per heavy atom. The SMILES string of the molecule is CNc1cc(Nc2cccc(OC)c2)ccn1. The molecule has 0 bridgehead atoms. The highest BCUT2D eigenvalue weighted by Crippen LogP contribution is 2.22. The number of anilines is 3. The predicted octanol–water partition coefficient (Wildman–Crippen LogP) is 2.88. The Labute approximate surface area is 101 Å². The van der Waals surface area contributed by atoms with Crippen molar-refractivity contribution in [3.63, 3.8) is 0 Å². The number of rotatable bonds is 4. The highest BCUT2D eigenvalue weighted by molar-refractivity contribution is 5.63. The number of hydrogen-bond donors (Lipinski definition) is 2. The third-order valence-corrected chi connectivity index (χ3v) is 2.37. The fourth-order valence-corrected chi connectivity index (χ4v) is 1.51. The first-order valence-electron chi connectivity index (χ1n) is 5.36. The molecule has 2 rings (SSSR count). The lowest BCUT2D eigenvalue weighted by molar-refractivity contribution is 0.415. The lowest BCUT2D eigenvalue weighted by atomic mass is 10.3. The highest BCUT2D eigenvalue weighted by Gasteiger charge is 1.98. The number of hydrogen-bond acceptors (Lipinski definition) is 4. The number of benzene rings is 1. The molecule has 0 amide bonds. The van der Waals surface area contributed by atoms with Crippen LogP contribution < -0.4 is 15.4 Å². The molecule has 1 aromatic carbocycles. The van der Waals surface area contributed by atoms with E-state index in [0.717, 1.165) is 22.9 Å². The fraction of sp³-hybridized carbons (Fsp3) is 0.154. The minimum atomic E-state index is 0.831. The van der Waals surface area contributed by atoms with Crippen LogP contribution in [-0.4, -0.2) is 19.1 Å². The molecule has 0 aliphatic carbocycles. The first-order valence-corrected chi connectivity index (χ1v) is 5.36. The van der Waals surface area contributed by atoms with E-state index >= 15 is 0 Å². The van der Waals surface area contributed by atoms with Crippen molar-refractivity contribution in [2.45, 2.75) is 0 Å². The van der Waals surface area contributed by atoms with Gasteiger partial charge in [0.1, 0.15) is 11.6 Å². The third-order valence-electron chi connectivity index (χ3n) is 2.37. The Kier molecular flexibility index (Phi) is 3.45. The monoisotopic (exact) mass is 229 g/mol. The van der Waals surface area contributed by atoms with Crippen molar-refractivity contribution in [1.29, 1.82) is 0 Å². The molecule has 0 aliphatic rings. The number of aromatic nitrogens is 1. The van der Waals surface area contributed by atoms with Gasteiger partial charge in [-0.2, -0.15) is 0 Å². The summed E-state index contributed by atoms with van der Waals surface area (Å²) in [6.07, 6.45) is 1.76. The predicted molar refractivity (Wildman–Crippen MR) is 70.1 cm³/mol. The van der Waals surface area contributed by atoms with E-state index in [0.29, 0.717) is 0 Å². The van der Waals surface area contributed by atoms with Crippen molar-refractivity contribution in [3.05, 3.63) is 42.6 Å². The minimum absolute atomic E-state index is 0.831. The van der Waals surface area contributed by atoms with E-state index in [1.54, 1.807) is 13.3 Å². The average Bonchev–Trinajstić information content (AvgIpc) is 2.39. The van der Waals surface area contributed by atoms with Crippen LogP contribution in [0.1, 0.15) is 0 Å². The topological polar surface area (TPSA) is 46.2 Å². The molecule has 0 atom stereocenters. The highest BCUT2D eigenvalue weighted by atomic mass is 16.5. The zero-order chi connectivity index (χ0) is 12.1. The summed E-state index contributed by atoms with van der Waals surface area (Å²) in [6, 6.07) is 11.7. The second kappa shape index (κ2) is 5.21. The summed E-state index contributed by atoms with van der Waals surface area (Å²) in [4.78, 5) is 4.16. The van der Waals surface area contributed by atoms with Gasteiger partial charge in [0.15, 0.2) is 0 Å². The summed E-state index contributed by atoms with van der Waals surface area (Å²) >= 11 is 0. The quantitative estimate of drug-likeness (QED) is 0.846. The molecule has 2 N–H and O–H groups in total. The van der Waals surface area contributed by atoms with E-state index in [1.165, 1.54) is 0 Å². The van der Waals surface area contributed by atoms with Gasteiger partial charge in [0.25, 0.3) is 0 Å². The van der Waals surface area contributed by atoms with Gasteiger partial charge in [0.2, 0.25) is 0 Å². The molecule has 88 valence electrons. The van der Waals surface area contributed by atoms with E-state index in [9.17, 15) is 0 Å². The smallest absolute Gasteiger partial charge is 0.127 e. The van der Waals surface area contributed by atoms with Crippen LogP contribution in [0.15, 0.2) is 42.6 Å². The number of methoxy groups -OCH3 is 1. The normalized spacial score (nSPS) is 9.76. The van der Waals surface area contributed by atoms with Crippen molar-refractivity contribution < 1.29 is 4.74 Å². The van der Waals surface area contributed by atoms with Gasteiger partial charge in [-0.1, -0.05) is 6.07 Å². The maximum Gasteiger partial charge on any atom is 0.127 e.